The molecule has 1 aliphatic rings. The van der Waals surface area contributed by atoms with E-state index in [4.69, 9.17) is 4.98 Å². The summed E-state index contributed by atoms with van der Waals surface area (Å²) in [5, 5.41) is 0.885. The molecule has 0 spiro atoms. The molecule has 138 valence electrons. The molecule has 2 aromatic heterocycles. The first-order valence-electron chi connectivity index (χ1n) is 9.25. The molecule has 6 heteroatoms. The van der Waals surface area contributed by atoms with Crippen LogP contribution in [0.15, 0.2) is 42.7 Å². The molecule has 1 fully saturated rings. The lowest BCUT2D eigenvalue weighted by atomic mass is 10.0. The predicted molar refractivity (Wildman–Crippen MR) is 107 cm³/mol. The van der Waals surface area contributed by atoms with Crippen molar-refractivity contribution in [1.29, 1.82) is 0 Å². The zero-order valence-corrected chi connectivity index (χ0v) is 15.9. The number of benzene rings is 1. The smallest absolute Gasteiger partial charge is 0.254 e. The topological polar surface area (TPSA) is 62.2 Å². The maximum Gasteiger partial charge on any atom is 0.254 e. The molecule has 4 rings (SSSR count). The Morgan fingerprint density at radius 2 is 1.93 bits per heavy atom. The van der Waals surface area contributed by atoms with E-state index in [1.54, 1.807) is 12.4 Å². The van der Waals surface area contributed by atoms with Gasteiger partial charge >= 0.3 is 0 Å². The lowest BCUT2D eigenvalue weighted by molar-refractivity contribution is 0.0749. The first-order chi connectivity index (χ1) is 13.0. The molecular formula is C21H23N5O. The lowest BCUT2D eigenvalue weighted by Gasteiger charge is -2.22. The van der Waals surface area contributed by atoms with E-state index < -0.39 is 0 Å². The van der Waals surface area contributed by atoms with Gasteiger partial charge in [-0.1, -0.05) is 18.2 Å². The van der Waals surface area contributed by atoms with E-state index in [2.05, 4.69) is 16.9 Å². The van der Waals surface area contributed by atoms with E-state index in [1.165, 1.54) is 0 Å². The van der Waals surface area contributed by atoms with E-state index in [-0.39, 0.29) is 11.9 Å². The van der Waals surface area contributed by atoms with Crippen LogP contribution in [0.25, 0.3) is 22.2 Å². The SMILES string of the molecule is CC1CCCN1C(=O)c1cc(-c2cnc(N(C)C)nc2)nc2ccccc12. The van der Waals surface area contributed by atoms with Crippen molar-refractivity contribution >= 4 is 22.8 Å². The van der Waals surface area contributed by atoms with Gasteiger partial charge < -0.3 is 9.80 Å². The van der Waals surface area contributed by atoms with Gasteiger partial charge in [-0.2, -0.15) is 0 Å². The Morgan fingerprint density at radius 1 is 1.19 bits per heavy atom. The summed E-state index contributed by atoms with van der Waals surface area (Å²) in [7, 11) is 3.80. The van der Waals surface area contributed by atoms with Gasteiger partial charge in [0, 0.05) is 50.0 Å². The second-order valence-corrected chi connectivity index (χ2v) is 7.23. The van der Waals surface area contributed by atoms with E-state index >= 15 is 0 Å². The predicted octanol–water partition coefficient (Wildman–Crippen LogP) is 3.38. The van der Waals surface area contributed by atoms with Crippen LogP contribution in [0.5, 0.6) is 0 Å². The number of aromatic nitrogens is 3. The van der Waals surface area contributed by atoms with Crippen molar-refractivity contribution < 1.29 is 4.79 Å². The van der Waals surface area contributed by atoms with Gasteiger partial charge in [-0.25, -0.2) is 15.0 Å². The highest BCUT2D eigenvalue weighted by molar-refractivity contribution is 6.07. The van der Waals surface area contributed by atoms with E-state index in [0.717, 1.165) is 35.9 Å². The number of nitrogens with zero attached hydrogens (tertiary/aromatic N) is 5. The summed E-state index contributed by atoms with van der Waals surface area (Å²) in [6, 6.07) is 9.95. The molecule has 0 bridgehead atoms. The van der Waals surface area contributed by atoms with E-state index in [1.807, 2.05) is 54.2 Å². The van der Waals surface area contributed by atoms with Crippen molar-refractivity contribution in [2.24, 2.45) is 0 Å². The van der Waals surface area contributed by atoms with Gasteiger partial charge in [0.05, 0.1) is 16.8 Å². The lowest BCUT2D eigenvalue weighted by Crippen LogP contribution is -2.33. The number of para-hydroxylation sites is 1. The number of anilines is 1. The third-order valence-corrected chi connectivity index (χ3v) is 5.09. The summed E-state index contributed by atoms with van der Waals surface area (Å²) in [5.74, 6) is 0.715. The number of hydrogen-bond donors (Lipinski definition) is 0. The summed E-state index contributed by atoms with van der Waals surface area (Å²) >= 11 is 0. The molecule has 0 N–H and O–H groups in total. The van der Waals surface area contributed by atoms with Crippen LogP contribution in [0.4, 0.5) is 5.95 Å². The second-order valence-electron chi connectivity index (χ2n) is 7.23. The molecule has 1 saturated heterocycles. The number of amides is 1. The first kappa shape index (κ1) is 17.4. The highest BCUT2D eigenvalue weighted by Gasteiger charge is 2.27. The average Bonchev–Trinajstić information content (AvgIpc) is 3.12. The summed E-state index contributed by atoms with van der Waals surface area (Å²) in [6.45, 7) is 2.93. The summed E-state index contributed by atoms with van der Waals surface area (Å²) < 4.78 is 0. The Labute approximate surface area is 158 Å². The van der Waals surface area contributed by atoms with Gasteiger partial charge in [0.1, 0.15) is 0 Å². The Hall–Kier alpha value is -3.02. The third kappa shape index (κ3) is 3.23. The van der Waals surface area contributed by atoms with Crippen molar-refractivity contribution in [1.82, 2.24) is 19.9 Å². The molecule has 1 aromatic carbocycles. The number of carbonyl (C=O) groups excluding carboxylic acids is 1. The van der Waals surface area contributed by atoms with Gasteiger partial charge in [-0.15, -0.1) is 0 Å². The molecule has 1 atom stereocenters. The summed E-state index contributed by atoms with van der Waals surface area (Å²) in [5.41, 5.74) is 3.02. The Morgan fingerprint density at radius 3 is 2.59 bits per heavy atom. The molecule has 1 aliphatic heterocycles. The molecule has 1 unspecified atom stereocenters. The van der Waals surface area contributed by atoms with E-state index in [0.29, 0.717) is 17.2 Å². The van der Waals surface area contributed by atoms with Crippen LogP contribution in [0.2, 0.25) is 0 Å². The van der Waals surface area contributed by atoms with Crippen LogP contribution >= 0.6 is 0 Å². The third-order valence-electron chi connectivity index (χ3n) is 5.09. The number of hydrogen-bond acceptors (Lipinski definition) is 5. The number of rotatable bonds is 3. The molecule has 0 aliphatic carbocycles. The first-order valence-corrected chi connectivity index (χ1v) is 9.25. The van der Waals surface area contributed by atoms with Crippen molar-refractivity contribution in [3.05, 3.63) is 48.3 Å². The van der Waals surface area contributed by atoms with Gasteiger partial charge in [0.15, 0.2) is 0 Å². The van der Waals surface area contributed by atoms with Crippen LogP contribution in [0.3, 0.4) is 0 Å². The highest BCUT2D eigenvalue weighted by Crippen LogP contribution is 2.28. The van der Waals surface area contributed by atoms with E-state index in [9.17, 15) is 4.79 Å². The van der Waals surface area contributed by atoms with Gasteiger partial charge in [-0.05, 0) is 31.9 Å². The standard InChI is InChI=1S/C21H23N5O/c1-14-7-6-10-26(14)20(27)17-11-19(24-18-9-5-4-8-16(17)18)15-12-22-21(23-13-15)25(2)3/h4-5,8-9,11-14H,6-7,10H2,1-3H3. The molecule has 0 saturated carbocycles. The second kappa shape index (κ2) is 6.95. The Balaban J connectivity index is 1.82. The largest absolute Gasteiger partial charge is 0.347 e. The zero-order chi connectivity index (χ0) is 19.0. The number of carbonyl (C=O) groups is 1. The molecule has 27 heavy (non-hydrogen) atoms. The van der Waals surface area contributed by atoms with Crippen LogP contribution in [0, 0.1) is 0 Å². The molecule has 6 nitrogen and oxygen atoms in total. The van der Waals surface area contributed by atoms with Crippen molar-refractivity contribution in [3.8, 4) is 11.3 Å². The van der Waals surface area contributed by atoms with Crippen LogP contribution in [-0.2, 0) is 0 Å². The van der Waals surface area contributed by atoms with Gasteiger partial charge in [0.2, 0.25) is 5.95 Å². The number of fused-ring (bicyclic) bond motifs is 1. The molecule has 0 radical (unpaired) electrons. The van der Waals surface area contributed by atoms with Crippen LogP contribution < -0.4 is 4.90 Å². The highest BCUT2D eigenvalue weighted by atomic mass is 16.2. The van der Waals surface area contributed by atoms with Crippen molar-refractivity contribution in [3.63, 3.8) is 0 Å². The van der Waals surface area contributed by atoms with Crippen molar-refractivity contribution in [2.75, 3.05) is 25.5 Å². The quantitative estimate of drug-likeness (QED) is 0.716. The van der Waals surface area contributed by atoms with Crippen molar-refractivity contribution in [2.45, 2.75) is 25.8 Å². The normalized spacial score (nSPS) is 16.7. The fourth-order valence-corrected chi connectivity index (χ4v) is 3.57. The van der Waals surface area contributed by atoms with Gasteiger partial charge in [-0.3, -0.25) is 4.79 Å². The fraction of sp³-hybridized carbons (Fsp3) is 0.333. The minimum atomic E-state index is 0.0747. The number of pyridine rings is 1. The maximum atomic E-state index is 13.3. The van der Waals surface area contributed by atoms with Crippen LogP contribution in [-0.4, -0.2) is 52.4 Å². The Bertz CT molecular complexity index is 984. The summed E-state index contributed by atoms with van der Waals surface area (Å²) in [6.07, 6.45) is 5.63. The molecule has 3 aromatic rings. The fourth-order valence-electron chi connectivity index (χ4n) is 3.57. The minimum absolute atomic E-state index is 0.0747. The zero-order valence-electron chi connectivity index (χ0n) is 15.9. The average molecular weight is 361 g/mol. The summed E-state index contributed by atoms with van der Waals surface area (Å²) in [4.78, 5) is 30.6. The monoisotopic (exact) mass is 361 g/mol. The Kier molecular flexibility index (Phi) is 4.48. The maximum absolute atomic E-state index is 13.3. The molecule has 1 amide bonds. The number of likely N-dealkylation sites (tertiary alicyclic amines) is 1. The van der Waals surface area contributed by atoms with Gasteiger partial charge in [0.25, 0.3) is 5.91 Å². The minimum Gasteiger partial charge on any atom is -0.347 e. The van der Waals surface area contributed by atoms with Crippen LogP contribution in [0.1, 0.15) is 30.1 Å². The molecule has 3 heterocycles. The molecular weight excluding hydrogens is 338 g/mol.